The second kappa shape index (κ2) is 13.4. The molecule has 0 amide bonds. The van der Waals surface area contributed by atoms with Gasteiger partial charge in [-0.2, -0.15) is 0 Å². The van der Waals surface area contributed by atoms with Crippen LogP contribution >= 0.6 is 7.14 Å². The second-order valence-electron chi connectivity index (χ2n) is 15.8. The molecule has 1 aliphatic carbocycles. The quantitative estimate of drug-likeness (QED) is 0.124. The third-order valence-electron chi connectivity index (χ3n) is 12.7. The van der Waals surface area contributed by atoms with Crippen molar-refractivity contribution in [3.8, 4) is 22.3 Å². The van der Waals surface area contributed by atoms with Crippen LogP contribution in [0.25, 0.3) is 60.6 Å². The molecule has 0 atom stereocenters. The van der Waals surface area contributed by atoms with E-state index in [9.17, 15) is 0 Å². The summed E-state index contributed by atoms with van der Waals surface area (Å²) in [6.07, 6.45) is 0. The second-order valence-corrected chi connectivity index (χ2v) is 18.6. The van der Waals surface area contributed by atoms with Crippen molar-refractivity contribution in [1.82, 2.24) is 9.38 Å². The van der Waals surface area contributed by atoms with Gasteiger partial charge in [0.05, 0.1) is 22.0 Å². The fraction of sp³-hybridized carbons (Fsp3) is 0.0179. The molecule has 0 spiro atoms. The molecule has 282 valence electrons. The van der Waals surface area contributed by atoms with Crippen molar-refractivity contribution < 1.29 is 4.57 Å². The molecule has 11 aromatic rings. The van der Waals surface area contributed by atoms with E-state index in [0.29, 0.717) is 0 Å². The molecular weight excluding hydrogens is 748 g/mol. The summed E-state index contributed by atoms with van der Waals surface area (Å²) in [6, 6.07) is 79.2. The zero-order chi connectivity index (χ0) is 39.8. The van der Waals surface area contributed by atoms with Gasteiger partial charge in [-0.3, -0.25) is 4.40 Å². The van der Waals surface area contributed by atoms with E-state index in [-0.39, 0.29) is 0 Å². The monoisotopic (exact) mass is 784 g/mol. The van der Waals surface area contributed by atoms with Crippen LogP contribution in [-0.2, 0) is 9.98 Å². The molecule has 0 saturated carbocycles. The van der Waals surface area contributed by atoms with Gasteiger partial charge in [0.2, 0.25) is 0 Å². The van der Waals surface area contributed by atoms with E-state index < -0.39 is 12.6 Å². The van der Waals surface area contributed by atoms with Gasteiger partial charge in [-0.05, 0) is 86.3 Å². The molecule has 9 aromatic carbocycles. The van der Waals surface area contributed by atoms with Crippen LogP contribution in [0.1, 0.15) is 22.3 Å². The zero-order valence-electron chi connectivity index (χ0n) is 32.6. The molecule has 2 aromatic heterocycles. The Balaban J connectivity index is 1.13. The highest BCUT2D eigenvalue weighted by Gasteiger charge is 2.47. The summed E-state index contributed by atoms with van der Waals surface area (Å²) in [4.78, 5) is 5.23. The Hall–Kier alpha value is -7.32. The molecule has 2 heterocycles. The SMILES string of the molecule is O=P(c1ccccc1)(c1ccccc1)c1ccc2c(c1)C(c1ccccc1)(c1ccccc1)c1cc(-c3ccc4c5ccccc5n5c6ccccc6nc5c4c3)ccc1-2. The normalized spacial score (nSPS) is 13.2. The third kappa shape index (κ3) is 4.91. The number of rotatable bonds is 6. The lowest BCUT2D eigenvalue weighted by molar-refractivity contribution is 0.592. The average molecular weight is 785 g/mol. The van der Waals surface area contributed by atoms with Crippen molar-refractivity contribution in [2.24, 2.45) is 0 Å². The molecular formula is C56H37N2OP. The van der Waals surface area contributed by atoms with Gasteiger partial charge >= 0.3 is 0 Å². The van der Waals surface area contributed by atoms with Crippen molar-refractivity contribution in [3.05, 3.63) is 247 Å². The van der Waals surface area contributed by atoms with Gasteiger partial charge in [-0.1, -0.05) is 188 Å². The van der Waals surface area contributed by atoms with Crippen molar-refractivity contribution >= 4 is 61.4 Å². The molecule has 4 heteroatoms. The number of nitrogens with zero attached hydrogens (tertiary/aromatic N) is 2. The number of pyridine rings is 1. The van der Waals surface area contributed by atoms with Crippen molar-refractivity contribution in [3.63, 3.8) is 0 Å². The van der Waals surface area contributed by atoms with Gasteiger partial charge < -0.3 is 4.57 Å². The predicted octanol–water partition coefficient (Wildman–Crippen LogP) is 12.5. The Morgan fingerprint density at radius 2 is 0.917 bits per heavy atom. The van der Waals surface area contributed by atoms with E-state index in [1.54, 1.807) is 0 Å². The van der Waals surface area contributed by atoms with Crippen LogP contribution < -0.4 is 15.9 Å². The summed E-state index contributed by atoms with van der Waals surface area (Å²) in [7, 11) is -3.28. The van der Waals surface area contributed by atoms with Gasteiger partial charge in [0.25, 0.3) is 0 Å². The van der Waals surface area contributed by atoms with Crippen molar-refractivity contribution in [1.29, 1.82) is 0 Å². The summed E-state index contributed by atoms with van der Waals surface area (Å²) in [5.41, 5.74) is 12.7. The van der Waals surface area contributed by atoms with Crippen LogP contribution in [-0.4, -0.2) is 9.38 Å². The first-order valence-electron chi connectivity index (χ1n) is 20.5. The van der Waals surface area contributed by atoms with Crippen molar-refractivity contribution in [2.75, 3.05) is 0 Å². The largest absolute Gasteiger partial charge is 0.309 e. The van der Waals surface area contributed by atoms with E-state index in [0.717, 1.165) is 76.9 Å². The Labute approximate surface area is 348 Å². The Morgan fingerprint density at radius 1 is 0.400 bits per heavy atom. The van der Waals surface area contributed by atoms with Crippen LogP contribution in [0.2, 0.25) is 0 Å². The number of imidazole rings is 1. The maximum Gasteiger partial charge on any atom is 0.171 e. The Morgan fingerprint density at radius 3 is 1.58 bits per heavy atom. The van der Waals surface area contributed by atoms with Crippen LogP contribution in [0.5, 0.6) is 0 Å². The van der Waals surface area contributed by atoms with Crippen LogP contribution in [0.15, 0.2) is 224 Å². The molecule has 0 fully saturated rings. The lowest BCUT2D eigenvalue weighted by atomic mass is 9.67. The molecule has 0 radical (unpaired) electrons. The summed E-state index contributed by atoms with van der Waals surface area (Å²) in [5, 5.41) is 5.96. The zero-order valence-corrected chi connectivity index (χ0v) is 33.5. The first kappa shape index (κ1) is 34.7. The summed E-state index contributed by atoms with van der Waals surface area (Å²) >= 11 is 0. The maximum absolute atomic E-state index is 15.9. The minimum atomic E-state index is -3.28. The summed E-state index contributed by atoms with van der Waals surface area (Å²) < 4.78 is 18.3. The fourth-order valence-corrected chi connectivity index (χ4v) is 12.7. The van der Waals surface area contributed by atoms with E-state index in [1.165, 1.54) is 21.9 Å². The lowest BCUT2D eigenvalue weighted by Gasteiger charge is -2.34. The van der Waals surface area contributed by atoms with E-state index in [2.05, 4.69) is 168 Å². The molecule has 0 saturated heterocycles. The van der Waals surface area contributed by atoms with Crippen LogP contribution in [0.3, 0.4) is 0 Å². The minimum absolute atomic E-state index is 0.696. The molecule has 0 bridgehead atoms. The van der Waals surface area contributed by atoms with Crippen molar-refractivity contribution in [2.45, 2.75) is 5.41 Å². The van der Waals surface area contributed by atoms with E-state index >= 15 is 4.57 Å². The molecule has 0 N–H and O–H groups in total. The van der Waals surface area contributed by atoms with Gasteiger partial charge in [0, 0.05) is 26.7 Å². The number of aromatic nitrogens is 2. The first-order valence-corrected chi connectivity index (χ1v) is 22.2. The molecule has 12 rings (SSSR count). The predicted molar refractivity (Wildman–Crippen MR) is 250 cm³/mol. The van der Waals surface area contributed by atoms with Crippen LogP contribution in [0.4, 0.5) is 0 Å². The highest BCUT2D eigenvalue weighted by molar-refractivity contribution is 7.85. The van der Waals surface area contributed by atoms with Gasteiger partial charge in [0.15, 0.2) is 7.14 Å². The average Bonchev–Trinajstić information content (AvgIpc) is 3.87. The summed E-state index contributed by atoms with van der Waals surface area (Å²) in [6.45, 7) is 0. The Kier molecular flexibility index (Phi) is 7.73. The standard InChI is InChI=1S/C56H37N2OP/c59-60(42-21-9-3-10-22-42,43-23-11-4-12-24-43)44-31-34-47-46-33-30-39(36-50(46)56(51(47)37-44,40-17-5-1-6-18-40)41-19-7-2-8-20-41)38-29-32-45-48-25-13-15-27-53(48)58-54-28-16-14-26-52(54)57-55(58)49(45)35-38/h1-37H. The Bertz CT molecular complexity index is 3420. The van der Waals surface area contributed by atoms with Gasteiger partial charge in [-0.15, -0.1) is 0 Å². The molecule has 60 heavy (non-hydrogen) atoms. The third-order valence-corrected chi connectivity index (χ3v) is 15.8. The smallest absolute Gasteiger partial charge is 0.171 e. The van der Waals surface area contributed by atoms with E-state index in [4.69, 9.17) is 4.98 Å². The highest BCUT2D eigenvalue weighted by atomic mass is 31.2. The number of hydrogen-bond acceptors (Lipinski definition) is 2. The first-order chi connectivity index (χ1) is 29.6. The fourth-order valence-electron chi connectivity index (χ4n) is 10.1. The molecule has 3 nitrogen and oxygen atoms in total. The number of hydrogen-bond donors (Lipinski definition) is 0. The maximum atomic E-state index is 15.9. The lowest BCUT2D eigenvalue weighted by Crippen LogP contribution is -2.31. The minimum Gasteiger partial charge on any atom is -0.309 e. The highest BCUT2D eigenvalue weighted by Crippen LogP contribution is 2.58. The molecule has 0 aliphatic heterocycles. The van der Waals surface area contributed by atoms with E-state index in [1.807, 2.05) is 60.7 Å². The number of fused-ring (bicyclic) bond motifs is 11. The molecule has 1 aliphatic rings. The summed E-state index contributed by atoms with van der Waals surface area (Å²) in [5.74, 6) is 0. The number of benzene rings is 9. The van der Waals surface area contributed by atoms with Crippen LogP contribution in [0, 0.1) is 0 Å². The molecule has 0 unspecified atom stereocenters. The topological polar surface area (TPSA) is 34.4 Å². The van der Waals surface area contributed by atoms with Gasteiger partial charge in [-0.25, -0.2) is 4.98 Å². The van der Waals surface area contributed by atoms with Gasteiger partial charge in [0.1, 0.15) is 5.65 Å². The number of para-hydroxylation sites is 3.